The minimum Gasteiger partial charge on any atom is -0.334 e. The van der Waals surface area contributed by atoms with Gasteiger partial charge in [-0.3, -0.25) is 9.52 Å². The van der Waals surface area contributed by atoms with Crippen molar-refractivity contribution in [3.8, 4) is 11.5 Å². The smallest absolute Gasteiger partial charge is 0.258 e. The normalized spacial score (nSPS) is 11.2. The van der Waals surface area contributed by atoms with Crippen molar-refractivity contribution in [2.45, 2.75) is 12.7 Å². The van der Waals surface area contributed by atoms with Gasteiger partial charge in [0.05, 0.1) is 22.6 Å². The van der Waals surface area contributed by atoms with E-state index in [-0.39, 0.29) is 17.6 Å². The van der Waals surface area contributed by atoms with Crippen molar-refractivity contribution < 1.29 is 17.7 Å². The molecule has 4 rings (SSSR count). The van der Waals surface area contributed by atoms with Crippen LogP contribution in [0, 0.1) is 6.92 Å². The Morgan fingerprint density at radius 3 is 2.41 bits per heavy atom. The van der Waals surface area contributed by atoms with Gasteiger partial charge in [0.15, 0.2) is 5.82 Å². The molecule has 0 saturated carbocycles. The second-order valence-electron chi connectivity index (χ2n) is 7.07. The third-order valence-corrected chi connectivity index (χ3v) is 5.78. The number of nitrogens with one attached hydrogen (secondary N) is 2. The van der Waals surface area contributed by atoms with Crippen LogP contribution >= 0.6 is 0 Å². The molecule has 0 saturated heterocycles. The van der Waals surface area contributed by atoms with E-state index in [2.05, 4.69) is 20.2 Å². The lowest BCUT2D eigenvalue weighted by Gasteiger charge is -2.11. The topological polar surface area (TPSA) is 114 Å². The number of rotatable bonds is 7. The van der Waals surface area contributed by atoms with E-state index in [0.717, 1.165) is 0 Å². The van der Waals surface area contributed by atoms with Crippen molar-refractivity contribution in [3.63, 3.8) is 0 Å². The minimum atomic E-state index is -3.62. The van der Waals surface area contributed by atoms with E-state index < -0.39 is 10.0 Å². The molecule has 0 aliphatic carbocycles. The molecular formula is C23H20N4O4S. The highest BCUT2D eigenvalue weighted by atomic mass is 32.2. The van der Waals surface area contributed by atoms with E-state index in [4.69, 9.17) is 4.52 Å². The number of nitrogens with zero attached hydrogens (tertiary/aromatic N) is 2. The first-order valence-electron chi connectivity index (χ1n) is 9.75. The Balaban J connectivity index is 1.51. The highest BCUT2D eigenvalue weighted by Crippen LogP contribution is 2.24. The molecule has 0 aliphatic rings. The molecule has 1 amide bonds. The second-order valence-corrected chi connectivity index (χ2v) is 8.80. The third kappa shape index (κ3) is 5.19. The second kappa shape index (κ2) is 9.03. The van der Waals surface area contributed by atoms with Crippen LogP contribution in [0.5, 0.6) is 0 Å². The van der Waals surface area contributed by atoms with E-state index in [1.165, 1.54) is 0 Å². The van der Waals surface area contributed by atoms with E-state index in [1.54, 1.807) is 79.7 Å². The lowest BCUT2D eigenvalue weighted by molar-refractivity contribution is 0.102. The summed E-state index contributed by atoms with van der Waals surface area (Å²) in [7, 11) is -3.62. The predicted molar refractivity (Wildman–Crippen MR) is 122 cm³/mol. The van der Waals surface area contributed by atoms with Gasteiger partial charge in [-0.25, -0.2) is 8.42 Å². The third-order valence-electron chi connectivity index (χ3n) is 4.52. The molecule has 162 valence electrons. The highest BCUT2D eigenvalue weighted by molar-refractivity contribution is 7.91. The van der Waals surface area contributed by atoms with Crippen LogP contribution in [-0.2, 0) is 15.8 Å². The van der Waals surface area contributed by atoms with Crippen LogP contribution in [0.4, 0.5) is 11.4 Å². The molecule has 0 aliphatic heterocycles. The Morgan fingerprint density at radius 1 is 0.938 bits per heavy atom. The summed E-state index contributed by atoms with van der Waals surface area (Å²) in [5.74, 6) is 0.170. The fraction of sp³-hybridized carbons (Fsp3) is 0.0870. The monoisotopic (exact) mass is 448 g/mol. The van der Waals surface area contributed by atoms with Crippen molar-refractivity contribution in [2.75, 3.05) is 10.0 Å². The molecule has 1 heterocycles. The molecule has 8 nitrogen and oxygen atoms in total. The summed E-state index contributed by atoms with van der Waals surface area (Å²) in [6.07, 6.45) is 0. The van der Waals surface area contributed by atoms with Crippen LogP contribution in [0.3, 0.4) is 0 Å². The number of amides is 1. The first kappa shape index (κ1) is 21.3. The van der Waals surface area contributed by atoms with Gasteiger partial charge in [-0.1, -0.05) is 53.7 Å². The van der Waals surface area contributed by atoms with Gasteiger partial charge in [0.1, 0.15) is 0 Å². The SMILES string of the molecule is Cc1noc(-c2ccccc2C(=O)Nc2cccc(NS(=O)(=O)Cc3ccccc3)c2)n1. The molecule has 0 unspecified atom stereocenters. The predicted octanol–water partition coefficient (Wildman–Crippen LogP) is 4.24. The summed E-state index contributed by atoms with van der Waals surface area (Å²) in [5, 5.41) is 6.56. The zero-order chi connectivity index (χ0) is 22.6. The van der Waals surface area contributed by atoms with Crippen molar-refractivity contribution in [3.05, 3.63) is 95.8 Å². The van der Waals surface area contributed by atoms with Crippen LogP contribution in [0.1, 0.15) is 21.7 Å². The number of carbonyl (C=O) groups excluding carboxylic acids is 1. The maximum atomic E-state index is 12.9. The molecule has 32 heavy (non-hydrogen) atoms. The summed E-state index contributed by atoms with van der Waals surface area (Å²) >= 11 is 0. The Kier molecular flexibility index (Phi) is 6.00. The summed E-state index contributed by atoms with van der Waals surface area (Å²) in [4.78, 5) is 17.1. The van der Waals surface area contributed by atoms with Gasteiger partial charge >= 0.3 is 0 Å². The maximum Gasteiger partial charge on any atom is 0.258 e. The van der Waals surface area contributed by atoms with E-state index in [0.29, 0.717) is 33.9 Å². The Bertz CT molecular complexity index is 1350. The largest absolute Gasteiger partial charge is 0.334 e. The first-order chi connectivity index (χ1) is 15.4. The lowest BCUT2D eigenvalue weighted by Crippen LogP contribution is -2.16. The number of aryl methyl sites for hydroxylation is 1. The molecule has 1 aromatic heterocycles. The molecule has 0 radical (unpaired) electrons. The average Bonchev–Trinajstić information content (AvgIpc) is 3.20. The fourth-order valence-corrected chi connectivity index (χ4v) is 4.33. The van der Waals surface area contributed by atoms with Gasteiger partial charge in [-0.2, -0.15) is 4.98 Å². The summed E-state index contributed by atoms with van der Waals surface area (Å²) in [6, 6.07) is 22.3. The van der Waals surface area contributed by atoms with Gasteiger partial charge in [-0.05, 0) is 42.8 Å². The maximum absolute atomic E-state index is 12.9. The number of sulfonamides is 1. The molecule has 0 bridgehead atoms. The molecule has 0 fully saturated rings. The fourth-order valence-electron chi connectivity index (χ4n) is 3.14. The molecule has 0 atom stereocenters. The van der Waals surface area contributed by atoms with Crippen molar-refractivity contribution in [1.29, 1.82) is 0 Å². The Hall–Kier alpha value is -3.98. The van der Waals surface area contributed by atoms with Gasteiger partial charge in [-0.15, -0.1) is 0 Å². The number of hydrogen-bond acceptors (Lipinski definition) is 6. The number of hydrogen-bond donors (Lipinski definition) is 2. The van der Waals surface area contributed by atoms with E-state index in [1.807, 2.05) is 6.07 Å². The number of carbonyl (C=O) groups is 1. The summed E-state index contributed by atoms with van der Waals surface area (Å²) < 4.78 is 32.8. The van der Waals surface area contributed by atoms with Crippen LogP contribution in [0.2, 0.25) is 0 Å². The van der Waals surface area contributed by atoms with Crippen LogP contribution in [0.25, 0.3) is 11.5 Å². The van der Waals surface area contributed by atoms with Gasteiger partial charge in [0, 0.05) is 5.69 Å². The zero-order valence-corrected chi connectivity index (χ0v) is 18.0. The Labute approximate surface area is 185 Å². The van der Waals surface area contributed by atoms with Crippen molar-refractivity contribution in [2.24, 2.45) is 0 Å². The average molecular weight is 449 g/mol. The van der Waals surface area contributed by atoms with Crippen molar-refractivity contribution in [1.82, 2.24) is 10.1 Å². The summed E-state index contributed by atoms with van der Waals surface area (Å²) in [6.45, 7) is 1.69. The molecule has 0 spiro atoms. The quantitative estimate of drug-likeness (QED) is 0.437. The zero-order valence-electron chi connectivity index (χ0n) is 17.1. The van der Waals surface area contributed by atoms with Gasteiger partial charge in [0.2, 0.25) is 10.0 Å². The standard InChI is InChI=1S/C23H20N4O4S/c1-16-24-23(31-26-16)21-13-6-5-12-20(21)22(28)25-18-10-7-11-19(14-18)27-32(29,30)15-17-8-3-2-4-9-17/h2-14,27H,15H2,1H3,(H,25,28). The molecule has 3 aromatic carbocycles. The first-order valence-corrected chi connectivity index (χ1v) is 11.4. The van der Waals surface area contributed by atoms with Crippen molar-refractivity contribution >= 4 is 27.3 Å². The van der Waals surface area contributed by atoms with Gasteiger partial charge < -0.3 is 9.84 Å². The Morgan fingerprint density at radius 2 is 1.66 bits per heavy atom. The lowest BCUT2D eigenvalue weighted by atomic mass is 10.1. The van der Waals surface area contributed by atoms with Crippen LogP contribution in [-0.4, -0.2) is 24.5 Å². The molecular weight excluding hydrogens is 428 g/mol. The molecule has 9 heteroatoms. The minimum absolute atomic E-state index is 0.151. The molecule has 2 N–H and O–H groups in total. The number of aromatic nitrogens is 2. The van der Waals surface area contributed by atoms with Crippen LogP contribution in [0.15, 0.2) is 83.4 Å². The van der Waals surface area contributed by atoms with E-state index >= 15 is 0 Å². The number of benzene rings is 3. The van der Waals surface area contributed by atoms with Gasteiger partial charge in [0.25, 0.3) is 11.8 Å². The highest BCUT2D eigenvalue weighted by Gasteiger charge is 2.17. The molecule has 4 aromatic rings. The van der Waals surface area contributed by atoms with E-state index in [9.17, 15) is 13.2 Å². The summed E-state index contributed by atoms with van der Waals surface area (Å²) in [5.41, 5.74) is 2.32. The number of anilines is 2. The van der Waals surface area contributed by atoms with Crippen LogP contribution < -0.4 is 10.0 Å².